The Balaban J connectivity index is 2.08. The summed E-state index contributed by atoms with van der Waals surface area (Å²) < 4.78 is 2.81. The van der Waals surface area contributed by atoms with Gasteiger partial charge in [-0.25, -0.2) is 0 Å². The molecule has 1 nitrogen and oxygen atoms in total. The lowest BCUT2D eigenvalue weighted by Gasteiger charge is -2.25. The van der Waals surface area contributed by atoms with E-state index in [-0.39, 0.29) is 0 Å². The van der Waals surface area contributed by atoms with Crippen molar-refractivity contribution in [3.63, 3.8) is 0 Å². The van der Waals surface area contributed by atoms with Crippen LogP contribution in [0, 0.1) is 0 Å². The molecule has 0 aliphatic carbocycles. The van der Waals surface area contributed by atoms with Crippen LogP contribution in [0.5, 0.6) is 0 Å². The first kappa shape index (κ1) is 7.71. The van der Waals surface area contributed by atoms with E-state index in [2.05, 4.69) is 4.57 Å². The molecular formula is C5H17NSi3. The zero-order valence-corrected chi connectivity index (χ0v) is 11.2. The Hall–Kier alpha value is 0.611. The number of nitrogens with zero attached hydrogens (tertiary/aromatic N) is 1. The maximum absolute atomic E-state index is 2.81. The number of hydrogen-bond donors (Lipinski definition) is 0. The first-order chi connectivity index (χ1) is 4.43. The van der Waals surface area contributed by atoms with Crippen molar-refractivity contribution in [2.45, 2.75) is 19.3 Å². The Morgan fingerprint density at radius 3 is 2.33 bits per heavy atom. The van der Waals surface area contributed by atoms with Gasteiger partial charge < -0.3 is 4.57 Å². The van der Waals surface area contributed by atoms with E-state index in [9.17, 15) is 0 Å². The van der Waals surface area contributed by atoms with Gasteiger partial charge in [0.1, 0.15) is 0 Å². The molecule has 0 atom stereocenters. The Labute approximate surface area is 64.9 Å². The highest BCUT2D eigenvalue weighted by atomic mass is 29.5. The van der Waals surface area contributed by atoms with Crippen LogP contribution in [-0.2, 0) is 0 Å². The molecular weight excluding hydrogens is 158 g/mol. The van der Waals surface area contributed by atoms with E-state index in [1.54, 1.807) is 9.76 Å². The third-order valence-electron chi connectivity index (χ3n) is 1.99. The molecule has 0 N–H and O–H groups in total. The van der Waals surface area contributed by atoms with Gasteiger partial charge in [-0.1, -0.05) is 6.42 Å². The van der Waals surface area contributed by atoms with Gasteiger partial charge in [-0.2, -0.15) is 0 Å². The molecule has 1 saturated heterocycles. The van der Waals surface area contributed by atoms with Crippen molar-refractivity contribution in [3.05, 3.63) is 0 Å². The van der Waals surface area contributed by atoms with Crippen molar-refractivity contribution in [2.24, 2.45) is 0 Å². The standard InChI is InChI=1S/C5H17NSi3/c7-9-8-6-4-2-1-3-5-6/h1-5,8-9H2,7H3. The second kappa shape index (κ2) is 4.43. The first-order valence-corrected chi connectivity index (χ1v) is 14.4. The minimum atomic E-state index is 0.410. The van der Waals surface area contributed by atoms with E-state index in [0.29, 0.717) is 17.8 Å². The van der Waals surface area contributed by atoms with Crippen molar-refractivity contribution in [1.82, 2.24) is 4.57 Å². The lowest BCUT2D eigenvalue weighted by atomic mass is 10.2. The second-order valence-corrected chi connectivity index (χ2v) is 18.6. The molecule has 1 heterocycles. The highest BCUT2D eigenvalue weighted by Crippen LogP contribution is 2.05. The summed E-state index contributed by atoms with van der Waals surface area (Å²) in [4.78, 5) is 0. The van der Waals surface area contributed by atoms with E-state index in [0.717, 1.165) is 0 Å². The molecule has 1 fully saturated rings. The minimum Gasteiger partial charge on any atom is -0.332 e. The lowest BCUT2D eigenvalue weighted by molar-refractivity contribution is 0.365. The van der Waals surface area contributed by atoms with E-state index in [1.807, 2.05) is 0 Å². The van der Waals surface area contributed by atoms with Gasteiger partial charge in [-0.3, -0.25) is 0 Å². The van der Waals surface area contributed by atoms with Gasteiger partial charge in [-0.05, 0) is 35.7 Å². The first-order valence-electron chi connectivity index (χ1n) is 4.16. The second-order valence-electron chi connectivity index (χ2n) is 2.90. The SMILES string of the molecule is [SiH3][SiH2][SiH2]N1CCCCC1. The molecule has 9 heavy (non-hydrogen) atoms. The molecule has 0 unspecified atom stereocenters. The van der Waals surface area contributed by atoms with Crippen molar-refractivity contribution in [1.29, 1.82) is 0 Å². The molecule has 1 rings (SSSR count). The van der Waals surface area contributed by atoms with Crippen LogP contribution in [0.1, 0.15) is 19.3 Å². The molecule has 4 heteroatoms. The largest absolute Gasteiger partial charge is 0.332 e. The van der Waals surface area contributed by atoms with Crippen molar-refractivity contribution >= 4 is 27.5 Å². The van der Waals surface area contributed by atoms with E-state index >= 15 is 0 Å². The van der Waals surface area contributed by atoms with Gasteiger partial charge >= 0.3 is 0 Å². The molecule has 0 aromatic carbocycles. The highest BCUT2D eigenvalue weighted by Gasteiger charge is 2.07. The number of piperidine rings is 1. The third-order valence-corrected chi connectivity index (χ3v) is 11.0. The van der Waals surface area contributed by atoms with Gasteiger partial charge in [0.05, 0.1) is 9.20 Å². The summed E-state index contributed by atoms with van der Waals surface area (Å²) in [6, 6.07) is 0. The minimum absolute atomic E-state index is 0.410. The predicted octanol–water partition coefficient (Wildman–Crippen LogP) is -2.08. The van der Waals surface area contributed by atoms with Gasteiger partial charge in [-0.15, -0.1) is 0 Å². The lowest BCUT2D eigenvalue weighted by Crippen LogP contribution is -2.36. The normalized spacial score (nSPS) is 25.3. The average Bonchev–Trinajstić information content (AvgIpc) is 1.91. The molecule has 0 spiro atoms. The summed E-state index contributed by atoms with van der Waals surface area (Å²) in [5.41, 5.74) is 0. The number of hydrogen-bond acceptors (Lipinski definition) is 1. The average molecular weight is 175 g/mol. The van der Waals surface area contributed by atoms with Gasteiger partial charge in [0, 0.05) is 8.55 Å². The summed E-state index contributed by atoms with van der Waals surface area (Å²) in [6.45, 7) is 2.95. The van der Waals surface area contributed by atoms with Gasteiger partial charge in [0.25, 0.3) is 0 Å². The fourth-order valence-electron chi connectivity index (χ4n) is 1.50. The molecule has 0 amide bonds. The van der Waals surface area contributed by atoms with Crippen LogP contribution in [0.2, 0.25) is 0 Å². The fraction of sp³-hybridized carbons (Fsp3) is 1.00. The summed E-state index contributed by atoms with van der Waals surface area (Å²) in [5, 5.41) is 0. The quantitative estimate of drug-likeness (QED) is 0.436. The monoisotopic (exact) mass is 175 g/mol. The zero-order chi connectivity index (χ0) is 6.53. The molecule has 0 aromatic rings. The molecule has 1 aliphatic rings. The third kappa shape index (κ3) is 2.79. The van der Waals surface area contributed by atoms with Crippen LogP contribution in [0.4, 0.5) is 0 Å². The van der Waals surface area contributed by atoms with Crippen molar-refractivity contribution < 1.29 is 0 Å². The summed E-state index contributed by atoms with van der Waals surface area (Å²) in [7, 11) is 2.56. The van der Waals surface area contributed by atoms with Crippen molar-refractivity contribution in [2.75, 3.05) is 13.1 Å². The highest BCUT2D eigenvalue weighted by molar-refractivity contribution is 7.22. The molecule has 0 bridgehead atoms. The van der Waals surface area contributed by atoms with Gasteiger partial charge in [0.2, 0.25) is 0 Å². The molecule has 1 aliphatic heterocycles. The topological polar surface area (TPSA) is 3.24 Å². The summed E-state index contributed by atoms with van der Waals surface area (Å²) in [5.74, 6) is 0. The molecule has 0 saturated carbocycles. The van der Waals surface area contributed by atoms with Crippen LogP contribution in [0.3, 0.4) is 0 Å². The van der Waals surface area contributed by atoms with E-state index in [1.165, 1.54) is 32.4 Å². The summed E-state index contributed by atoms with van der Waals surface area (Å²) >= 11 is 0. The Morgan fingerprint density at radius 1 is 1.11 bits per heavy atom. The van der Waals surface area contributed by atoms with Crippen molar-refractivity contribution in [3.8, 4) is 0 Å². The maximum Gasteiger partial charge on any atom is 0.0760 e. The van der Waals surface area contributed by atoms with Crippen LogP contribution in [0.25, 0.3) is 0 Å². The smallest absolute Gasteiger partial charge is 0.0760 e. The van der Waals surface area contributed by atoms with Crippen LogP contribution in [0.15, 0.2) is 0 Å². The Morgan fingerprint density at radius 2 is 1.78 bits per heavy atom. The maximum atomic E-state index is 2.81. The van der Waals surface area contributed by atoms with Crippen LogP contribution >= 0.6 is 0 Å². The predicted molar refractivity (Wildman–Crippen MR) is 52.5 cm³/mol. The number of rotatable bonds is 2. The summed E-state index contributed by atoms with van der Waals surface area (Å²) in [6.07, 6.45) is 4.51. The van der Waals surface area contributed by atoms with Crippen LogP contribution in [-0.4, -0.2) is 45.2 Å². The molecule has 54 valence electrons. The Kier molecular flexibility index (Phi) is 3.80. The molecule has 0 aromatic heterocycles. The fourth-order valence-corrected chi connectivity index (χ4v) is 12.0. The molecule has 0 radical (unpaired) electrons. The van der Waals surface area contributed by atoms with Gasteiger partial charge in [0.15, 0.2) is 0 Å². The van der Waals surface area contributed by atoms with E-state index in [4.69, 9.17) is 0 Å². The van der Waals surface area contributed by atoms with Crippen LogP contribution < -0.4 is 0 Å². The Bertz CT molecular complexity index is 69.8. The van der Waals surface area contributed by atoms with E-state index < -0.39 is 0 Å². The zero-order valence-electron chi connectivity index (χ0n) is 6.40.